The number of benzene rings is 1. The van der Waals surface area contributed by atoms with Crippen LogP contribution in [0.2, 0.25) is 0 Å². The molecule has 0 unspecified atom stereocenters. The molecule has 3 rings (SSSR count). The zero-order valence-electron chi connectivity index (χ0n) is 15.8. The fourth-order valence-electron chi connectivity index (χ4n) is 3.00. The summed E-state index contributed by atoms with van der Waals surface area (Å²) in [4.78, 5) is 28.5. The minimum Gasteiger partial charge on any atom is -0.456 e. The molecule has 1 aromatic heterocycles. The molecule has 1 aliphatic rings. The molecular formula is C19H23N3O5S. The molecule has 0 spiro atoms. The lowest BCUT2D eigenvalue weighted by Gasteiger charge is -2.33. The summed E-state index contributed by atoms with van der Waals surface area (Å²) in [5, 5.41) is 2.76. The summed E-state index contributed by atoms with van der Waals surface area (Å²) < 4.78 is 28.3. The standard InChI is InChI=1S/C19H23N3O5S/c1-14-3-8-17(27-14)19(24)22-11-9-21(10-12-22)13-18(23)20-15-4-6-16(7-5-15)28(2,25)26/h3-8H,9-13H2,1-2H3,(H,20,23). The average Bonchev–Trinajstić information content (AvgIpc) is 3.08. The van der Waals surface area contributed by atoms with E-state index in [2.05, 4.69) is 5.32 Å². The molecule has 1 N–H and O–H groups in total. The van der Waals surface area contributed by atoms with E-state index in [4.69, 9.17) is 4.42 Å². The molecule has 9 heteroatoms. The van der Waals surface area contributed by atoms with Crippen molar-refractivity contribution in [3.05, 3.63) is 47.9 Å². The van der Waals surface area contributed by atoms with Gasteiger partial charge in [0.25, 0.3) is 5.91 Å². The first-order valence-electron chi connectivity index (χ1n) is 8.90. The van der Waals surface area contributed by atoms with Gasteiger partial charge in [0.15, 0.2) is 15.6 Å². The SMILES string of the molecule is Cc1ccc(C(=O)N2CCN(CC(=O)Nc3ccc(S(C)(=O)=O)cc3)CC2)o1. The van der Waals surface area contributed by atoms with E-state index >= 15 is 0 Å². The number of aryl methyl sites for hydroxylation is 1. The van der Waals surface area contributed by atoms with Gasteiger partial charge in [0.1, 0.15) is 5.76 Å². The quantitative estimate of drug-likeness (QED) is 0.807. The monoisotopic (exact) mass is 405 g/mol. The van der Waals surface area contributed by atoms with Crippen molar-refractivity contribution in [2.75, 3.05) is 44.3 Å². The van der Waals surface area contributed by atoms with Gasteiger partial charge in [-0.15, -0.1) is 0 Å². The number of sulfone groups is 1. The third-order valence-corrected chi connectivity index (χ3v) is 5.67. The lowest BCUT2D eigenvalue weighted by molar-refractivity contribution is -0.117. The molecule has 1 fully saturated rings. The van der Waals surface area contributed by atoms with Gasteiger partial charge in [0.05, 0.1) is 11.4 Å². The third kappa shape index (κ3) is 4.99. The highest BCUT2D eigenvalue weighted by Crippen LogP contribution is 2.15. The average molecular weight is 405 g/mol. The number of nitrogens with zero attached hydrogens (tertiary/aromatic N) is 2. The van der Waals surface area contributed by atoms with Gasteiger partial charge in [-0.3, -0.25) is 14.5 Å². The van der Waals surface area contributed by atoms with Crippen molar-refractivity contribution < 1.29 is 22.4 Å². The number of hydrogen-bond donors (Lipinski definition) is 1. The largest absolute Gasteiger partial charge is 0.456 e. The second kappa shape index (κ2) is 8.15. The van der Waals surface area contributed by atoms with Crippen LogP contribution >= 0.6 is 0 Å². The molecule has 0 saturated carbocycles. The van der Waals surface area contributed by atoms with Gasteiger partial charge in [0.2, 0.25) is 5.91 Å². The van der Waals surface area contributed by atoms with Crippen molar-refractivity contribution in [1.82, 2.24) is 9.80 Å². The number of piperazine rings is 1. The van der Waals surface area contributed by atoms with Crippen molar-refractivity contribution in [3.8, 4) is 0 Å². The Morgan fingerprint density at radius 3 is 2.21 bits per heavy atom. The molecule has 0 atom stereocenters. The first kappa shape index (κ1) is 20.1. The summed E-state index contributed by atoms with van der Waals surface area (Å²) in [7, 11) is -3.26. The van der Waals surface area contributed by atoms with Crippen LogP contribution in [-0.4, -0.2) is 69.0 Å². The molecule has 0 radical (unpaired) electrons. The maximum atomic E-state index is 12.4. The van der Waals surface area contributed by atoms with Crippen LogP contribution in [0.4, 0.5) is 5.69 Å². The Labute approximate surface area is 164 Å². The second-order valence-electron chi connectivity index (χ2n) is 6.82. The molecule has 28 heavy (non-hydrogen) atoms. The van der Waals surface area contributed by atoms with E-state index in [1.807, 2.05) is 4.90 Å². The molecule has 2 aromatic rings. The first-order valence-corrected chi connectivity index (χ1v) is 10.8. The van der Waals surface area contributed by atoms with Gasteiger partial charge in [-0.1, -0.05) is 0 Å². The van der Waals surface area contributed by atoms with Gasteiger partial charge in [-0.25, -0.2) is 8.42 Å². The number of nitrogens with one attached hydrogen (secondary N) is 1. The molecule has 2 heterocycles. The maximum Gasteiger partial charge on any atom is 0.289 e. The number of amides is 2. The number of hydrogen-bond acceptors (Lipinski definition) is 6. The molecule has 150 valence electrons. The zero-order valence-corrected chi connectivity index (χ0v) is 16.7. The Balaban J connectivity index is 1.48. The second-order valence-corrected chi connectivity index (χ2v) is 8.84. The highest BCUT2D eigenvalue weighted by Gasteiger charge is 2.25. The summed E-state index contributed by atoms with van der Waals surface area (Å²) in [5.74, 6) is 0.709. The summed E-state index contributed by atoms with van der Waals surface area (Å²) in [6, 6.07) is 9.49. The fourth-order valence-corrected chi connectivity index (χ4v) is 3.63. The van der Waals surface area contributed by atoms with E-state index in [0.717, 1.165) is 6.26 Å². The van der Waals surface area contributed by atoms with Crippen LogP contribution in [-0.2, 0) is 14.6 Å². The molecule has 0 bridgehead atoms. The summed E-state index contributed by atoms with van der Waals surface area (Å²) in [5.41, 5.74) is 0.541. The van der Waals surface area contributed by atoms with Crippen molar-refractivity contribution in [1.29, 1.82) is 0 Å². The van der Waals surface area contributed by atoms with Crippen molar-refractivity contribution in [2.24, 2.45) is 0 Å². The highest BCUT2D eigenvalue weighted by atomic mass is 32.2. The number of carbonyl (C=O) groups excluding carboxylic acids is 2. The smallest absolute Gasteiger partial charge is 0.289 e. The van der Waals surface area contributed by atoms with Crippen LogP contribution in [0.15, 0.2) is 45.7 Å². The summed E-state index contributed by atoms with van der Waals surface area (Å²) in [6.45, 7) is 4.22. The van der Waals surface area contributed by atoms with Gasteiger partial charge >= 0.3 is 0 Å². The van der Waals surface area contributed by atoms with E-state index in [-0.39, 0.29) is 23.3 Å². The maximum absolute atomic E-state index is 12.4. The van der Waals surface area contributed by atoms with Gasteiger partial charge in [-0.2, -0.15) is 0 Å². The van der Waals surface area contributed by atoms with Crippen LogP contribution in [0.5, 0.6) is 0 Å². The summed E-state index contributed by atoms with van der Waals surface area (Å²) in [6.07, 6.45) is 1.14. The lowest BCUT2D eigenvalue weighted by atomic mass is 10.2. The molecule has 1 saturated heterocycles. The van der Waals surface area contributed by atoms with Crippen molar-refractivity contribution in [2.45, 2.75) is 11.8 Å². The Morgan fingerprint density at radius 2 is 1.68 bits per heavy atom. The Morgan fingerprint density at radius 1 is 1.04 bits per heavy atom. The minimum absolute atomic E-state index is 0.136. The van der Waals surface area contributed by atoms with E-state index in [1.165, 1.54) is 12.1 Å². The number of rotatable bonds is 5. The Bertz CT molecular complexity index is 958. The lowest BCUT2D eigenvalue weighted by Crippen LogP contribution is -2.50. The van der Waals surface area contributed by atoms with E-state index in [1.54, 1.807) is 36.1 Å². The zero-order chi connectivity index (χ0) is 20.3. The minimum atomic E-state index is -3.26. The number of carbonyl (C=O) groups is 2. The van der Waals surface area contributed by atoms with Crippen LogP contribution in [0.25, 0.3) is 0 Å². The predicted octanol–water partition coefficient (Wildman–Crippen LogP) is 1.39. The number of anilines is 1. The van der Waals surface area contributed by atoms with Crippen molar-refractivity contribution >= 4 is 27.3 Å². The van der Waals surface area contributed by atoms with E-state index < -0.39 is 9.84 Å². The highest BCUT2D eigenvalue weighted by molar-refractivity contribution is 7.90. The number of furan rings is 1. The van der Waals surface area contributed by atoms with E-state index in [0.29, 0.717) is 43.4 Å². The predicted molar refractivity (Wildman–Crippen MR) is 104 cm³/mol. The molecule has 1 aromatic carbocycles. The van der Waals surface area contributed by atoms with Crippen LogP contribution < -0.4 is 5.32 Å². The van der Waals surface area contributed by atoms with E-state index in [9.17, 15) is 18.0 Å². The van der Waals surface area contributed by atoms with Gasteiger partial charge in [0, 0.05) is 38.1 Å². The topological polar surface area (TPSA) is 99.9 Å². The molecule has 2 amide bonds. The fraction of sp³-hybridized carbons (Fsp3) is 0.368. The molecule has 1 aliphatic heterocycles. The molecular weight excluding hydrogens is 382 g/mol. The Hall–Kier alpha value is -2.65. The first-order chi connectivity index (χ1) is 13.2. The Kier molecular flexibility index (Phi) is 5.85. The summed E-state index contributed by atoms with van der Waals surface area (Å²) >= 11 is 0. The van der Waals surface area contributed by atoms with Crippen LogP contribution in [0.3, 0.4) is 0 Å². The van der Waals surface area contributed by atoms with Crippen molar-refractivity contribution in [3.63, 3.8) is 0 Å². The normalized spacial score (nSPS) is 15.4. The van der Waals surface area contributed by atoms with Crippen LogP contribution in [0.1, 0.15) is 16.3 Å². The molecule has 8 nitrogen and oxygen atoms in total. The molecule has 0 aliphatic carbocycles. The van der Waals surface area contributed by atoms with Gasteiger partial charge in [-0.05, 0) is 43.3 Å². The van der Waals surface area contributed by atoms with Gasteiger partial charge < -0.3 is 14.6 Å². The third-order valence-electron chi connectivity index (χ3n) is 4.54. The van der Waals surface area contributed by atoms with Crippen LogP contribution in [0, 0.1) is 6.92 Å².